The lowest BCUT2D eigenvalue weighted by molar-refractivity contribution is 0.0945. The van der Waals surface area contributed by atoms with Crippen LogP contribution in [0.3, 0.4) is 0 Å². The third kappa shape index (κ3) is 3.00. The van der Waals surface area contributed by atoms with Crippen LogP contribution in [0.2, 0.25) is 0 Å². The highest BCUT2D eigenvalue weighted by molar-refractivity contribution is 9.10. The van der Waals surface area contributed by atoms with Gasteiger partial charge in [-0.3, -0.25) is 9.89 Å². The normalized spacial score (nSPS) is 10.7. The Morgan fingerprint density at radius 1 is 1.29 bits per heavy atom. The summed E-state index contributed by atoms with van der Waals surface area (Å²) in [5.74, 6) is 0.356. The average molecular weight is 347 g/mol. The molecule has 0 aliphatic heterocycles. The monoisotopic (exact) mass is 346 g/mol. The number of nitrogens with zero attached hydrogens (tertiary/aromatic N) is 3. The summed E-state index contributed by atoms with van der Waals surface area (Å²) in [5.41, 5.74) is 6.49. The van der Waals surface area contributed by atoms with Gasteiger partial charge < -0.3 is 11.1 Å². The molecule has 0 radical (unpaired) electrons. The molecule has 4 N–H and O–H groups in total. The number of halogens is 1. The number of H-pyrrole nitrogens is 1. The summed E-state index contributed by atoms with van der Waals surface area (Å²) in [5, 5.41) is 9.98. The summed E-state index contributed by atoms with van der Waals surface area (Å²) >= 11 is 3.40. The van der Waals surface area contributed by atoms with E-state index in [0.29, 0.717) is 11.5 Å². The summed E-state index contributed by atoms with van der Waals surface area (Å²) < 4.78 is 0.969. The number of nitrogens with two attached hydrogens (primary N) is 1. The van der Waals surface area contributed by atoms with Gasteiger partial charge in [0.25, 0.3) is 5.91 Å². The number of nitrogen functional groups attached to an aromatic ring is 1. The van der Waals surface area contributed by atoms with Crippen molar-refractivity contribution in [2.75, 3.05) is 5.73 Å². The number of carbonyl (C=O) groups excluding carboxylic acids is 1. The number of benzene rings is 1. The van der Waals surface area contributed by atoms with E-state index in [1.54, 1.807) is 6.07 Å². The Labute approximate surface area is 128 Å². The SMILES string of the molecule is Nc1n[nH]c(CNC(=O)c2ccc3cc(Br)ccc3n2)n1. The van der Waals surface area contributed by atoms with Gasteiger partial charge in [0, 0.05) is 9.86 Å². The molecule has 2 heterocycles. The van der Waals surface area contributed by atoms with Gasteiger partial charge in [-0.2, -0.15) is 4.98 Å². The molecule has 0 atom stereocenters. The predicted molar refractivity (Wildman–Crippen MR) is 81.4 cm³/mol. The number of carbonyl (C=O) groups is 1. The van der Waals surface area contributed by atoms with E-state index in [-0.39, 0.29) is 18.4 Å². The van der Waals surface area contributed by atoms with Crippen LogP contribution in [0.4, 0.5) is 5.95 Å². The minimum absolute atomic E-state index is 0.147. The van der Waals surface area contributed by atoms with Crippen molar-refractivity contribution in [2.45, 2.75) is 6.54 Å². The quantitative estimate of drug-likeness (QED) is 0.667. The number of hydrogen-bond donors (Lipinski definition) is 3. The third-order valence-corrected chi connectivity index (χ3v) is 3.34. The molecule has 1 amide bonds. The van der Waals surface area contributed by atoms with Gasteiger partial charge in [-0.05, 0) is 24.3 Å². The molecule has 21 heavy (non-hydrogen) atoms. The molecular formula is C13H11BrN6O. The summed E-state index contributed by atoms with van der Waals surface area (Å²) in [6, 6.07) is 9.22. The predicted octanol–water partition coefficient (Wildman–Crippen LogP) is 1.63. The van der Waals surface area contributed by atoms with Crippen LogP contribution in [0.25, 0.3) is 10.9 Å². The molecule has 0 aliphatic carbocycles. The largest absolute Gasteiger partial charge is 0.367 e. The van der Waals surface area contributed by atoms with Crippen molar-refractivity contribution in [3.8, 4) is 0 Å². The minimum Gasteiger partial charge on any atom is -0.367 e. The van der Waals surface area contributed by atoms with Crippen molar-refractivity contribution in [3.05, 3.63) is 46.3 Å². The standard InChI is InChI=1S/C13H11BrN6O/c14-8-2-4-9-7(5-8)1-3-10(17-9)12(21)16-6-11-18-13(15)20-19-11/h1-5H,6H2,(H,16,21)(H3,15,18,19,20). The smallest absolute Gasteiger partial charge is 0.270 e. The van der Waals surface area contributed by atoms with E-state index in [4.69, 9.17) is 5.73 Å². The summed E-state index contributed by atoms with van der Waals surface area (Å²) in [7, 11) is 0. The van der Waals surface area contributed by atoms with E-state index in [1.165, 1.54) is 0 Å². The zero-order chi connectivity index (χ0) is 14.8. The van der Waals surface area contributed by atoms with Crippen molar-refractivity contribution >= 4 is 38.7 Å². The number of fused-ring (bicyclic) bond motifs is 1. The summed E-state index contributed by atoms with van der Waals surface area (Å²) in [6.45, 7) is 0.211. The Kier molecular flexibility index (Phi) is 3.53. The first-order valence-corrected chi connectivity index (χ1v) is 6.92. The molecule has 3 aromatic rings. The average Bonchev–Trinajstić information content (AvgIpc) is 2.90. The maximum atomic E-state index is 12.1. The number of amides is 1. The molecule has 0 unspecified atom stereocenters. The number of hydrogen-bond acceptors (Lipinski definition) is 5. The van der Waals surface area contributed by atoms with Crippen molar-refractivity contribution in [2.24, 2.45) is 0 Å². The van der Waals surface area contributed by atoms with Gasteiger partial charge in [-0.25, -0.2) is 4.98 Å². The zero-order valence-electron chi connectivity index (χ0n) is 10.8. The molecule has 0 spiro atoms. The van der Waals surface area contributed by atoms with Crippen molar-refractivity contribution < 1.29 is 4.79 Å². The van der Waals surface area contributed by atoms with Crippen LogP contribution in [0.1, 0.15) is 16.3 Å². The lowest BCUT2D eigenvalue weighted by atomic mass is 10.2. The molecule has 0 bridgehead atoms. The van der Waals surface area contributed by atoms with E-state index < -0.39 is 0 Å². The first-order valence-electron chi connectivity index (χ1n) is 6.13. The first kappa shape index (κ1) is 13.5. The van der Waals surface area contributed by atoms with E-state index in [9.17, 15) is 4.79 Å². The fourth-order valence-electron chi connectivity index (χ4n) is 1.87. The summed E-state index contributed by atoms with van der Waals surface area (Å²) in [4.78, 5) is 20.3. The highest BCUT2D eigenvalue weighted by Gasteiger charge is 2.09. The molecule has 1 aromatic carbocycles. The van der Waals surface area contributed by atoms with Crippen molar-refractivity contribution in [3.63, 3.8) is 0 Å². The van der Waals surface area contributed by atoms with Crippen LogP contribution >= 0.6 is 15.9 Å². The van der Waals surface area contributed by atoms with Crippen LogP contribution in [-0.4, -0.2) is 26.1 Å². The maximum absolute atomic E-state index is 12.1. The molecule has 2 aromatic heterocycles. The fraction of sp³-hybridized carbons (Fsp3) is 0.0769. The van der Waals surface area contributed by atoms with E-state index in [1.807, 2.05) is 24.3 Å². The second kappa shape index (κ2) is 5.49. The molecular weight excluding hydrogens is 336 g/mol. The topological polar surface area (TPSA) is 110 Å². The van der Waals surface area contributed by atoms with Crippen molar-refractivity contribution in [1.29, 1.82) is 0 Å². The lowest BCUT2D eigenvalue weighted by Crippen LogP contribution is -2.24. The van der Waals surface area contributed by atoms with Crippen molar-refractivity contribution in [1.82, 2.24) is 25.5 Å². The second-order valence-corrected chi connectivity index (χ2v) is 5.27. The molecule has 0 saturated heterocycles. The number of pyridine rings is 1. The van der Waals surface area contributed by atoms with Gasteiger partial charge >= 0.3 is 0 Å². The lowest BCUT2D eigenvalue weighted by Gasteiger charge is -2.04. The van der Waals surface area contributed by atoms with Gasteiger partial charge in [0.1, 0.15) is 11.5 Å². The number of nitrogens with one attached hydrogen (secondary N) is 2. The minimum atomic E-state index is -0.283. The Balaban J connectivity index is 1.76. The third-order valence-electron chi connectivity index (χ3n) is 2.85. The first-order chi connectivity index (χ1) is 10.1. The van der Waals surface area contributed by atoms with Crippen LogP contribution < -0.4 is 11.1 Å². The van der Waals surface area contributed by atoms with Crippen LogP contribution in [-0.2, 0) is 6.54 Å². The van der Waals surface area contributed by atoms with E-state index in [0.717, 1.165) is 15.4 Å². The van der Waals surface area contributed by atoms with Gasteiger partial charge in [-0.15, -0.1) is 5.10 Å². The van der Waals surface area contributed by atoms with Crippen LogP contribution in [0.15, 0.2) is 34.8 Å². The van der Waals surface area contributed by atoms with E-state index in [2.05, 4.69) is 41.4 Å². The highest BCUT2D eigenvalue weighted by atomic mass is 79.9. The van der Waals surface area contributed by atoms with E-state index >= 15 is 0 Å². The van der Waals surface area contributed by atoms with Gasteiger partial charge in [0.05, 0.1) is 12.1 Å². The van der Waals surface area contributed by atoms with Gasteiger partial charge in [-0.1, -0.05) is 22.0 Å². The highest BCUT2D eigenvalue weighted by Crippen LogP contribution is 2.18. The zero-order valence-corrected chi connectivity index (χ0v) is 12.4. The Morgan fingerprint density at radius 3 is 2.90 bits per heavy atom. The summed E-state index contributed by atoms with van der Waals surface area (Å²) in [6.07, 6.45) is 0. The molecule has 8 heteroatoms. The molecule has 0 saturated carbocycles. The number of rotatable bonds is 3. The number of aromatic nitrogens is 4. The molecule has 0 aliphatic rings. The number of aromatic amines is 1. The Hall–Kier alpha value is -2.48. The van der Waals surface area contributed by atoms with Gasteiger partial charge in [0.2, 0.25) is 5.95 Å². The second-order valence-electron chi connectivity index (χ2n) is 4.36. The fourth-order valence-corrected chi connectivity index (χ4v) is 2.25. The molecule has 106 valence electrons. The Morgan fingerprint density at radius 2 is 2.14 bits per heavy atom. The Bertz CT molecular complexity index is 815. The molecule has 0 fully saturated rings. The number of anilines is 1. The molecule has 7 nitrogen and oxygen atoms in total. The van der Waals surface area contributed by atoms with Crippen LogP contribution in [0, 0.1) is 0 Å². The molecule has 3 rings (SSSR count). The van der Waals surface area contributed by atoms with Gasteiger partial charge in [0.15, 0.2) is 0 Å². The maximum Gasteiger partial charge on any atom is 0.270 e. The van der Waals surface area contributed by atoms with Crippen LogP contribution in [0.5, 0.6) is 0 Å².